The number of carbonyl (C=O) groups is 1. The number of aromatic nitrogens is 5. The van der Waals surface area contributed by atoms with Crippen LogP contribution in [0.2, 0.25) is 5.15 Å². The number of aryl methyl sites for hydroxylation is 1. The van der Waals surface area contributed by atoms with E-state index < -0.39 is 0 Å². The fourth-order valence-electron chi connectivity index (χ4n) is 3.95. The lowest BCUT2D eigenvalue weighted by Crippen LogP contribution is -2.22. The number of hydrogen-bond acceptors (Lipinski definition) is 5. The summed E-state index contributed by atoms with van der Waals surface area (Å²) < 4.78 is 3.59. The van der Waals surface area contributed by atoms with Crippen molar-refractivity contribution in [3.8, 4) is 0 Å². The lowest BCUT2D eigenvalue weighted by Gasteiger charge is -2.07. The average molecular weight is 486 g/mol. The predicted molar refractivity (Wildman–Crippen MR) is 136 cm³/mol. The highest BCUT2D eigenvalue weighted by atomic mass is 35.5. The Bertz CT molecular complexity index is 1500. The molecule has 0 unspecified atom stereocenters. The minimum atomic E-state index is -0.277. The quantitative estimate of drug-likeness (QED) is 0.359. The number of carbonyl (C=O) groups excluding carboxylic acids is 1. The first-order valence-electron chi connectivity index (χ1n) is 11.2. The summed E-state index contributed by atoms with van der Waals surface area (Å²) in [7, 11) is 0. The third kappa shape index (κ3) is 5.17. The standard InChI is InChI=1S/C26H24ClN7O/c1-17-11-31-33(13-17)14-18-2-4-19(5-3-18)15-34-16-23(24(27)32-34)26(35)30-12-20-6-7-22-21(10-20)8-9-29-25(22)28/h2-11,13,16H,12,14-15H2,1H3,(H2,28,29)(H,30,35). The van der Waals surface area contributed by atoms with E-state index in [2.05, 4.69) is 32.6 Å². The Hall–Kier alpha value is -4.17. The summed E-state index contributed by atoms with van der Waals surface area (Å²) >= 11 is 6.28. The monoisotopic (exact) mass is 485 g/mol. The Morgan fingerprint density at radius 1 is 1.00 bits per heavy atom. The SMILES string of the molecule is Cc1cnn(Cc2ccc(Cn3cc(C(=O)NCc4ccc5c(N)nccc5c4)c(Cl)n3)cc2)c1. The number of rotatable bonds is 7. The molecule has 35 heavy (non-hydrogen) atoms. The first-order valence-corrected chi connectivity index (χ1v) is 11.5. The number of nitrogens with two attached hydrogens (primary N) is 1. The summed E-state index contributed by atoms with van der Waals surface area (Å²) in [5.74, 6) is 0.209. The Morgan fingerprint density at radius 2 is 1.71 bits per heavy atom. The molecule has 0 saturated heterocycles. The van der Waals surface area contributed by atoms with E-state index in [9.17, 15) is 4.79 Å². The lowest BCUT2D eigenvalue weighted by atomic mass is 10.1. The minimum Gasteiger partial charge on any atom is -0.383 e. The molecule has 0 radical (unpaired) electrons. The molecule has 0 aliphatic carbocycles. The summed E-state index contributed by atoms with van der Waals surface area (Å²) in [5, 5.41) is 13.6. The smallest absolute Gasteiger partial charge is 0.256 e. The van der Waals surface area contributed by atoms with Gasteiger partial charge in [-0.05, 0) is 46.7 Å². The largest absolute Gasteiger partial charge is 0.383 e. The van der Waals surface area contributed by atoms with Crippen LogP contribution in [0.1, 0.15) is 32.6 Å². The van der Waals surface area contributed by atoms with Crippen molar-refractivity contribution in [1.29, 1.82) is 0 Å². The zero-order chi connectivity index (χ0) is 24.4. The van der Waals surface area contributed by atoms with Crippen molar-refractivity contribution in [3.63, 3.8) is 0 Å². The molecule has 9 heteroatoms. The average Bonchev–Trinajstić information content (AvgIpc) is 3.43. The second kappa shape index (κ2) is 9.60. The summed E-state index contributed by atoms with van der Waals surface area (Å²) in [4.78, 5) is 16.9. The van der Waals surface area contributed by atoms with Crippen LogP contribution in [-0.2, 0) is 19.6 Å². The molecule has 0 spiro atoms. The maximum atomic E-state index is 12.8. The number of amides is 1. The Labute approximate surface area is 207 Å². The molecular formula is C26H24ClN7O. The number of pyridine rings is 1. The number of nitrogens with one attached hydrogen (secondary N) is 1. The molecule has 5 aromatic rings. The number of anilines is 1. The van der Waals surface area contributed by atoms with Crippen LogP contribution in [-0.4, -0.2) is 30.5 Å². The van der Waals surface area contributed by atoms with Gasteiger partial charge in [-0.2, -0.15) is 10.2 Å². The van der Waals surface area contributed by atoms with Crippen LogP contribution in [0.3, 0.4) is 0 Å². The highest BCUT2D eigenvalue weighted by Crippen LogP contribution is 2.20. The van der Waals surface area contributed by atoms with Crippen molar-refractivity contribution < 1.29 is 4.79 Å². The maximum absolute atomic E-state index is 12.8. The van der Waals surface area contributed by atoms with E-state index in [0.29, 0.717) is 31.0 Å². The van der Waals surface area contributed by atoms with Crippen molar-refractivity contribution in [2.45, 2.75) is 26.6 Å². The van der Waals surface area contributed by atoms with E-state index in [1.807, 2.05) is 60.4 Å². The molecular weight excluding hydrogens is 462 g/mol. The number of nitrogens with zero attached hydrogens (tertiary/aromatic N) is 5. The number of fused-ring (bicyclic) bond motifs is 1. The van der Waals surface area contributed by atoms with Gasteiger partial charge in [-0.25, -0.2) is 4.98 Å². The van der Waals surface area contributed by atoms with Gasteiger partial charge in [0.2, 0.25) is 0 Å². The van der Waals surface area contributed by atoms with Gasteiger partial charge in [0.05, 0.1) is 24.8 Å². The van der Waals surface area contributed by atoms with E-state index in [4.69, 9.17) is 17.3 Å². The topological polar surface area (TPSA) is 104 Å². The molecule has 3 N–H and O–H groups in total. The fourth-order valence-corrected chi connectivity index (χ4v) is 4.18. The van der Waals surface area contributed by atoms with Gasteiger partial charge in [-0.15, -0.1) is 0 Å². The van der Waals surface area contributed by atoms with Gasteiger partial charge in [0.1, 0.15) is 5.82 Å². The number of halogens is 1. The lowest BCUT2D eigenvalue weighted by molar-refractivity contribution is 0.0951. The van der Waals surface area contributed by atoms with Gasteiger partial charge >= 0.3 is 0 Å². The number of hydrogen-bond donors (Lipinski definition) is 2. The van der Waals surface area contributed by atoms with Gasteiger partial charge < -0.3 is 11.1 Å². The van der Waals surface area contributed by atoms with E-state index in [1.165, 1.54) is 0 Å². The normalized spacial score (nSPS) is 11.1. The minimum absolute atomic E-state index is 0.172. The van der Waals surface area contributed by atoms with Gasteiger partial charge in [0, 0.05) is 30.5 Å². The maximum Gasteiger partial charge on any atom is 0.256 e. The fraction of sp³-hybridized carbons (Fsp3) is 0.154. The van der Waals surface area contributed by atoms with Crippen molar-refractivity contribution in [3.05, 3.63) is 106 Å². The van der Waals surface area contributed by atoms with Crippen molar-refractivity contribution in [2.75, 3.05) is 5.73 Å². The molecule has 0 bridgehead atoms. The van der Waals surface area contributed by atoms with Crippen LogP contribution >= 0.6 is 11.6 Å². The zero-order valence-electron chi connectivity index (χ0n) is 19.1. The van der Waals surface area contributed by atoms with E-state index in [0.717, 1.165) is 33.0 Å². The summed E-state index contributed by atoms with van der Waals surface area (Å²) in [5.41, 5.74) is 10.5. The molecule has 176 valence electrons. The van der Waals surface area contributed by atoms with E-state index in [1.54, 1.807) is 17.1 Å². The third-order valence-corrected chi connectivity index (χ3v) is 6.03. The Morgan fingerprint density at radius 3 is 2.43 bits per heavy atom. The Kier molecular flexibility index (Phi) is 6.20. The summed E-state index contributed by atoms with van der Waals surface area (Å²) in [6, 6.07) is 15.9. The molecule has 0 saturated carbocycles. The van der Waals surface area contributed by atoms with E-state index in [-0.39, 0.29) is 11.1 Å². The van der Waals surface area contributed by atoms with Crippen molar-refractivity contribution in [1.82, 2.24) is 29.9 Å². The van der Waals surface area contributed by atoms with Crippen LogP contribution in [0.15, 0.2) is 73.3 Å². The van der Waals surface area contributed by atoms with Gasteiger partial charge in [-0.3, -0.25) is 14.2 Å². The number of nitrogen functional groups attached to an aromatic ring is 1. The molecule has 2 aromatic carbocycles. The third-order valence-electron chi connectivity index (χ3n) is 5.75. The summed E-state index contributed by atoms with van der Waals surface area (Å²) in [6.45, 7) is 3.60. The summed E-state index contributed by atoms with van der Waals surface area (Å²) in [6.07, 6.45) is 7.20. The van der Waals surface area contributed by atoms with Gasteiger partial charge in [-0.1, -0.05) is 48.0 Å². The van der Waals surface area contributed by atoms with Crippen LogP contribution < -0.4 is 11.1 Å². The van der Waals surface area contributed by atoms with Crippen LogP contribution in [0, 0.1) is 6.92 Å². The molecule has 0 fully saturated rings. The first-order chi connectivity index (χ1) is 16.9. The molecule has 0 atom stereocenters. The molecule has 0 aliphatic rings. The van der Waals surface area contributed by atoms with Gasteiger partial charge in [0.15, 0.2) is 5.15 Å². The molecule has 8 nitrogen and oxygen atoms in total. The molecule has 3 heterocycles. The van der Waals surface area contributed by atoms with E-state index >= 15 is 0 Å². The van der Waals surface area contributed by atoms with Crippen LogP contribution in [0.5, 0.6) is 0 Å². The molecule has 1 amide bonds. The second-order valence-electron chi connectivity index (χ2n) is 8.50. The molecule has 0 aliphatic heterocycles. The zero-order valence-corrected chi connectivity index (χ0v) is 19.9. The van der Waals surface area contributed by atoms with Gasteiger partial charge in [0.25, 0.3) is 5.91 Å². The predicted octanol–water partition coefficient (Wildman–Crippen LogP) is 4.20. The van der Waals surface area contributed by atoms with Crippen molar-refractivity contribution in [2.24, 2.45) is 0 Å². The second-order valence-corrected chi connectivity index (χ2v) is 8.86. The highest BCUT2D eigenvalue weighted by Gasteiger charge is 2.15. The van der Waals surface area contributed by atoms with Crippen LogP contribution in [0.25, 0.3) is 10.8 Å². The molecule has 5 rings (SSSR count). The number of benzene rings is 2. The van der Waals surface area contributed by atoms with Crippen LogP contribution in [0.4, 0.5) is 5.82 Å². The Balaban J connectivity index is 1.21. The highest BCUT2D eigenvalue weighted by molar-refractivity contribution is 6.32. The van der Waals surface area contributed by atoms with Crippen molar-refractivity contribution >= 4 is 34.1 Å². The first kappa shape index (κ1) is 22.6. The molecule has 3 aromatic heterocycles.